The van der Waals surface area contributed by atoms with Crippen LogP contribution in [0, 0.1) is 0 Å². The molecular formula is C15H18BrNO3. The van der Waals surface area contributed by atoms with Gasteiger partial charge in [0.1, 0.15) is 6.04 Å². The van der Waals surface area contributed by atoms with Crippen molar-refractivity contribution in [3.05, 3.63) is 34.3 Å². The molecule has 0 aromatic heterocycles. The summed E-state index contributed by atoms with van der Waals surface area (Å²) in [6.45, 7) is 1.54. The van der Waals surface area contributed by atoms with Crippen molar-refractivity contribution < 1.29 is 14.7 Å². The van der Waals surface area contributed by atoms with Gasteiger partial charge in [0.15, 0.2) is 0 Å². The molecule has 1 saturated carbocycles. The zero-order chi connectivity index (χ0) is 14.9. The molecule has 1 unspecified atom stereocenters. The third-order valence-electron chi connectivity index (χ3n) is 4.27. The van der Waals surface area contributed by atoms with Crippen molar-refractivity contribution in [2.75, 3.05) is 7.05 Å². The van der Waals surface area contributed by atoms with Gasteiger partial charge in [-0.25, -0.2) is 4.79 Å². The molecule has 0 radical (unpaired) electrons. The van der Waals surface area contributed by atoms with Crippen LogP contribution in [0.2, 0.25) is 0 Å². The highest BCUT2D eigenvalue weighted by Crippen LogP contribution is 2.45. The van der Waals surface area contributed by atoms with Gasteiger partial charge in [0.25, 0.3) is 0 Å². The maximum atomic E-state index is 12.7. The Hall–Kier alpha value is -1.36. The molecule has 1 aromatic rings. The van der Waals surface area contributed by atoms with Crippen molar-refractivity contribution in [2.45, 2.75) is 37.6 Å². The first-order chi connectivity index (χ1) is 9.38. The smallest absolute Gasteiger partial charge is 0.326 e. The average Bonchev–Trinajstić information content (AvgIpc) is 2.37. The van der Waals surface area contributed by atoms with E-state index in [1.54, 1.807) is 7.05 Å². The predicted molar refractivity (Wildman–Crippen MR) is 79.5 cm³/mol. The minimum absolute atomic E-state index is 0.0963. The van der Waals surface area contributed by atoms with Crippen molar-refractivity contribution in [2.24, 2.45) is 0 Å². The van der Waals surface area contributed by atoms with Crippen molar-refractivity contribution in [1.29, 1.82) is 0 Å². The first kappa shape index (κ1) is 15.0. The molecule has 0 bridgehead atoms. The zero-order valence-corrected chi connectivity index (χ0v) is 13.2. The zero-order valence-electron chi connectivity index (χ0n) is 11.6. The molecule has 1 atom stereocenters. The van der Waals surface area contributed by atoms with E-state index in [1.807, 2.05) is 24.3 Å². The summed E-state index contributed by atoms with van der Waals surface area (Å²) >= 11 is 3.39. The van der Waals surface area contributed by atoms with E-state index in [0.29, 0.717) is 0 Å². The predicted octanol–water partition coefficient (Wildman–Crippen LogP) is 2.80. The first-order valence-corrected chi connectivity index (χ1v) is 7.44. The summed E-state index contributed by atoms with van der Waals surface area (Å²) in [7, 11) is 1.57. The molecule has 1 fully saturated rings. The lowest BCUT2D eigenvalue weighted by Gasteiger charge is -2.44. The van der Waals surface area contributed by atoms with Crippen molar-refractivity contribution >= 4 is 27.8 Å². The van der Waals surface area contributed by atoms with Gasteiger partial charge in [-0.3, -0.25) is 4.79 Å². The van der Waals surface area contributed by atoms with Gasteiger partial charge in [0.2, 0.25) is 5.91 Å². The third-order valence-corrected chi connectivity index (χ3v) is 4.80. The summed E-state index contributed by atoms with van der Waals surface area (Å²) in [5.41, 5.74) is 0.431. The van der Waals surface area contributed by atoms with Crippen molar-refractivity contribution in [3.63, 3.8) is 0 Å². The van der Waals surface area contributed by atoms with Gasteiger partial charge in [0.05, 0.1) is 5.41 Å². The third kappa shape index (κ3) is 2.46. The number of amides is 1. The molecule has 0 heterocycles. The van der Waals surface area contributed by atoms with Gasteiger partial charge in [-0.1, -0.05) is 34.5 Å². The number of hydrogen-bond donors (Lipinski definition) is 1. The van der Waals surface area contributed by atoms with Crippen LogP contribution in [0.15, 0.2) is 28.7 Å². The van der Waals surface area contributed by atoms with Crippen LogP contribution in [0.4, 0.5) is 0 Å². The minimum atomic E-state index is -0.980. The van der Waals surface area contributed by atoms with Gasteiger partial charge >= 0.3 is 5.97 Å². The Morgan fingerprint density at radius 2 is 1.85 bits per heavy atom. The molecule has 20 heavy (non-hydrogen) atoms. The Kier molecular flexibility index (Phi) is 4.18. The summed E-state index contributed by atoms with van der Waals surface area (Å²) in [6, 6.07) is 6.92. The van der Waals surface area contributed by atoms with Crippen LogP contribution in [-0.2, 0) is 15.0 Å². The summed E-state index contributed by atoms with van der Waals surface area (Å²) in [5, 5.41) is 9.06. The Balaban J connectivity index is 2.29. The number of carboxylic acid groups (broad SMARTS) is 1. The monoisotopic (exact) mass is 339 g/mol. The molecule has 1 aliphatic rings. The van der Waals surface area contributed by atoms with Gasteiger partial charge in [-0.15, -0.1) is 0 Å². The SMILES string of the molecule is CC(C(=O)O)N(C)C(=O)C1(c2ccc(Br)cc2)CCC1. The molecule has 1 N–H and O–H groups in total. The fourth-order valence-electron chi connectivity index (χ4n) is 2.60. The van der Waals surface area contributed by atoms with Gasteiger partial charge in [0, 0.05) is 11.5 Å². The molecule has 1 amide bonds. The number of rotatable bonds is 4. The molecule has 0 saturated heterocycles. The van der Waals surface area contributed by atoms with Crippen LogP contribution in [0.1, 0.15) is 31.7 Å². The summed E-state index contributed by atoms with van der Waals surface area (Å²) in [4.78, 5) is 25.1. The Morgan fingerprint density at radius 3 is 2.25 bits per heavy atom. The standard InChI is InChI=1S/C15H18BrNO3/c1-10(13(18)19)17(2)14(20)15(8-3-9-15)11-4-6-12(16)7-5-11/h4-7,10H,3,8-9H2,1-2H3,(H,18,19). The van der Waals surface area contributed by atoms with Crippen molar-refractivity contribution in [3.8, 4) is 0 Å². The van der Waals surface area contributed by atoms with Crippen LogP contribution in [-0.4, -0.2) is 35.0 Å². The molecule has 1 aromatic carbocycles. The van der Waals surface area contributed by atoms with Crippen LogP contribution in [0.5, 0.6) is 0 Å². The normalized spacial score (nSPS) is 17.9. The van der Waals surface area contributed by atoms with Gasteiger partial charge in [-0.05, 0) is 37.5 Å². The Bertz CT molecular complexity index is 522. The minimum Gasteiger partial charge on any atom is -0.480 e. The Morgan fingerprint density at radius 1 is 1.30 bits per heavy atom. The lowest BCUT2D eigenvalue weighted by Crippen LogP contribution is -2.53. The van der Waals surface area contributed by atoms with E-state index in [1.165, 1.54) is 11.8 Å². The van der Waals surface area contributed by atoms with Crippen LogP contribution < -0.4 is 0 Å². The average molecular weight is 340 g/mol. The maximum absolute atomic E-state index is 12.7. The molecule has 0 spiro atoms. The molecule has 1 aliphatic carbocycles. The summed E-state index contributed by atoms with van der Waals surface area (Å²) < 4.78 is 0.968. The fourth-order valence-corrected chi connectivity index (χ4v) is 2.87. The van der Waals surface area contributed by atoms with Crippen molar-refractivity contribution in [1.82, 2.24) is 4.90 Å². The van der Waals surface area contributed by atoms with E-state index in [2.05, 4.69) is 15.9 Å². The summed E-state index contributed by atoms with van der Waals surface area (Å²) in [6.07, 6.45) is 2.56. The molecule has 2 rings (SSSR count). The molecule has 4 nitrogen and oxygen atoms in total. The van der Waals surface area contributed by atoms with Crippen LogP contribution >= 0.6 is 15.9 Å². The topological polar surface area (TPSA) is 57.6 Å². The highest BCUT2D eigenvalue weighted by molar-refractivity contribution is 9.10. The number of halogens is 1. The number of carbonyl (C=O) groups is 2. The van der Waals surface area contributed by atoms with Crippen LogP contribution in [0.3, 0.4) is 0 Å². The second-order valence-electron chi connectivity index (χ2n) is 5.37. The van der Waals surface area contributed by atoms with Gasteiger partial charge in [-0.2, -0.15) is 0 Å². The number of hydrogen-bond acceptors (Lipinski definition) is 2. The molecule has 0 aliphatic heterocycles. The number of carbonyl (C=O) groups excluding carboxylic acids is 1. The first-order valence-electron chi connectivity index (χ1n) is 6.64. The summed E-state index contributed by atoms with van der Waals surface area (Å²) in [5.74, 6) is -1.08. The quantitative estimate of drug-likeness (QED) is 0.917. The lowest BCUT2D eigenvalue weighted by atomic mass is 9.63. The molecular weight excluding hydrogens is 322 g/mol. The number of carboxylic acids is 1. The second-order valence-corrected chi connectivity index (χ2v) is 6.29. The number of nitrogens with zero attached hydrogens (tertiary/aromatic N) is 1. The number of likely N-dealkylation sites (N-methyl/N-ethyl adjacent to an activating group) is 1. The Labute approximate surface area is 126 Å². The van der Waals surface area contributed by atoms with E-state index >= 15 is 0 Å². The van der Waals surface area contributed by atoms with E-state index < -0.39 is 17.4 Å². The molecule has 5 heteroatoms. The van der Waals surface area contributed by atoms with E-state index in [0.717, 1.165) is 29.3 Å². The maximum Gasteiger partial charge on any atom is 0.326 e. The van der Waals surface area contributed by atoms with E-state index in [9.17, 15) is 9.59 Å². The number of aliphatic carboxylic acids is 1. The lowest BCUT2D eigenvalue weighted by molar-refractivity contribution is -0.152. The van der Waals surface area contributed by atoms with Gasteiger partial charge < -0.3 is 10.0 Å². The van der Waals surface area contributed by atoms with E-state index in [4.69, 9.17) is 5.11 Å². The molecule has 108 valence electrons. The fraction of sp³-hybridized carbons (Fsp3) is 0.467. The number of benzene rings is 1. The highest BCUT2D eigenvalue weighted by Gasteiger charge is 2.48. The van der Waals surface area contributed by atoms with E-state index in [-0.39, 0.29) is 5.91 Å². The van der Waals surface area contributed by atoms with Crippen LogP contribution in [0.25, 0.3) is 0 Å². The highest BCUT2D eigenvalue weighted by atomic mass is 79.9. The largest absolute Gasteiger partial charge is 0.480 e. The second kappa shape index (κ2) is 5.56.